The molecule has 2 N–H and O–H groups in total. The molecule has 0 heterocycles. The molecule has 0 amide bonds. The van der Waals surface area contributed by atoms with Gasteiger partial charge in [-0.3, -0.25) is 9.59 Å². The van der Waals surface area contributed by atoms with Crippen LogP contribution in [0.25, 0.3) is 0 Å². The van der Waals surface area contributed by atoms with Crippen LogP contribution in [-0.2, 0) is 9.59 Å². The molecule has 0 spiro atoms. The molecule has 0 saturated heterocycles. The summed E-state index contributed by atoms with van der Waals surface area (Å²) < 4.78 is 0. The van der Waals surface area contributed by atoms with Crippen molar-refractivity contribution in [2.45, 2.75) is 51.9 Å². The first-order chi connectivity index (χ1) is 7.52. The Morgan fingerprint density at radius 3 is 1.94 bits per heavy atom. The number of rotatable bonds is 9. The zero-order valence-electron chi connectivity index (χ0n) is 9.74. The molecule has 4 nitrogen and oxygen atoms in total. The number of aliphatic hydroxyl groups excluding tert-OH is 1. The van der Waals surface area contributed by atoms with Gasteiger partial charge in [-0.15, -0.1) is 0 Å². The standard InChI is InChI=1S/C12H20O4/c1-10(13)9-11(14)7-5-3-2-4-6-8-12(15)16/h9,14H,2-8H2,1H3,(H,15,16)/b11-9-. The van der Waals surface area contributed by atoms with E-state index < -0.39 is 5.97 Å². The summed E-state index contributed by atoms with van der Waals surface area (Å²) in [5.41, 5.74) is 0. The Kier molecular flexibility index (Phi) is 8.21. The minimum atomic E-state index is -0.748. The van der Waals surface area contributed by atoms with E-state index in [1.54, 1.807) is 0 Å². The van der Waals surface area contributed by atoms with Gasteiger partial charge in [0.05, 0.1) is 5.76 Å². The number of aliphatic hydroxyl groups is 1. The lowest BCUT2D eigenvalue weighted by molar-refractivity contribution is -0.137. The third-order valence-electron chi connectivity index (χ3n) is 2.19. The summed E-state index contributed by atoms with van der Waals surface area (Å²) in [6.45, 7) is 1.40. The maximum absolute atomic E-state index is 10.6. The van der Waals surface area contributed by atoms with E-state index in [9.17, 15) is 14.7 Å². The van der Waals surface area contributed by atoms with Gasteiger partial charge in [0.1, 0.15) is 0 Å². The number of hydrogen-bond donors (Lipinski definition) is 2. The average Bonchev–Trinajstić information content (AvgIpc) is 2.14. The quantitative estimate of drug-likeness (QED) is 0.361. The molecule has 0 radical (unpaired) electrons. The van der Waals surface area contributed by atoms with Crippen LogP contribution in [0.3, 0.4) is 0 Å². The van der Waals surface area contributed by atoms with E-state index >= 15 is 0 Å². The number of unbranched alkanes of at least 4 members (excludes halogenated alkanes) is 4. The fourth-order valence-corrected chi connectivity index (χ4v) is 1.42. The zero-order chi connectivity index (χ0) is 12.4. The molecule has 0 unspecified atom stereocenters. The molecule has 0 aromatic heterocycles. The van der Waals surface area contributed by atoms with Crippen molar-refractivity contribution in [1.82, 2.24) is 0 Å². The van der Waals surface area contributed by atoms with Crippen molar-refractivity contribution in [3.63, 3.8) is 0 Å². The molecule has 0 aliphatic heterocycles. The van der Waals surface area contributed by atoms with Gasteiger partial charge in [0.15, 0.2) is 5.78 Å². The summed E-state index contributed by atoms with van der Waals surface area (Å²) in [6, 6.07) is 0. The summed E-state index contributed by atoms with van der Waals surface area (Å²) in [7, 11) is 0. The molecule has 0 fully saturated rings. The molecule has 0 atom stereocenters. The monoisotopic (exact) mass is 228 g/mol. The van der Waals surface area contributed by atoms with Crippen molar-refractivity contribution in [3.05, 3.63) is 11.8 Å². The molecule has 16 heavy (non-hydrogen) atoms. The van der Waals surface area contributed by atoms with Crippen LogP contribution < -0.4 is 0 Å². The van der Waals surface area contributed by atoms with Crippen LogP contribution >= 0.6 is 0 Å². The Morgan fingerprint density at radius 1 is 0.938 bits per heavy atom. The van der Waals surface area contributed by atoms with E-state index in [2.05, 4.69) is 0 Å². The second kappa shape index (κ2) is 8.95. The molecule has 0 aliphatic carbocycles. The number of carboxylic acid groups (broad SMARTS) is 1. The molecule has 92 valence electrons. The SMILES string of the molecule is CC(=O)/C=C(\O)CCCCCCCC(=O)O. The van der Waals surface area contributed by atoms with Gasteiger partial charge < -0.3 is 10.2 Å². The number of hydrogen-bond acceptors (Lipinski definition) is 3. The summed E-state index contributed by atoms with van der Waals surface area (Å²) in [4.78, 5) is 20.8. The average molecular weight is 228 g/mol. The van der Waals surface area contributed by atoms with Crippen LogP contribution in [0.5, 0.6) is 0 Å². The fourth-order valence-electron chi connectivity index (χ4n) is 1.42. The van der Waals surface area contributed by atoms with Crippen molar-refractivity contribution < 1.29 is 19.8 Å². The molecule has 0 rings (SSSR count). The normalized spacial score (nSPS) is 11.4. The molecule has 0 aliphatic rings. The van der Waals surface area contributed by atoms with Crippen molar-refractivity contribution in [1.29, 1.82) is 0 Å². The zero-order valence-corrected chi connectivity index (χ0v) is 9.74. The summed E-state index contributed by atoms with van der Waals surface area (Å²) in [5, 5.41) is 17.7. The largest absolute Gasteiger partial charge is 0.512 e. The number of aliphatic carboxylic acids is 1. The molecule has 0 aromatic carbocycles. The maximum atomic E-state index is 10.6. The molecular weight excluding hydrogens is 208 g/mol. The number of ketones is 1. The highest BCUT2D eigenvalue weighted by atomic mass is 16.4. The minimum Gasteiger partial charge on any atom is -0.512 e. The van der Waals surface area contributed by atoms with Gasteiger partial charge in [-0.1, -0.05) is 19.3 Å². The predicted molar refractivity (Wildman–Crippen MR) is 61.3 cm³/mol. The molecule has 0 saturated carbocycles. The second-order valence-electron chi connectivity index (χ2n) is 3.91. The molecule has 0 aromatic rings. The summed E-state index contributed by atoms with van der Waals surface area (Å²) in [5.74, 6) is -0.751. The highest BCUT2D eigenvalue weighted by Crippen LogP contribution is 2.10. The lowest BCUT2D eigenvalue weighted by Crippen LogP contribution is -1.93. The third-order valence-corrected chi connectivity index (χ3v) is 2.19. The molecular formula is C12H20O4. The smallest absolute Gasteiger partial charge is 0.303 e. The van der Waals surface area contributed by atoms with Gasteiger partial charge in [0, 0.05) is 18.9 Å². The van der Waals surface area contributed by atoms with Gasteiger partial charge >= 0.3 is 5.97 Å². The first-order valence-corrected chi connectivity index (χ1v) is 5.64. The summed E-state index contributed by atoms with van der Waals surface area (Å²) >= 11 is 0. The van der Waals surface area contributed by atoms with Crippen LogP contribution in [0, 0.1) is 0 Å². The third kappa shape index (κ3) is 10.8. The minimum absolute atomic E-state index is 0.137. The Hall–Kier alpha value is -1.32. The van der Waals surface area contributed by atoms with Gasteiger partial charge in [0.2, 0.25) is 0 Å². The highest BCUT2D eigenvalue weighted by Gasteiger charge is 1.98. The number of carbonyl (C=O) groups is 2. The molecule has 4 heteroatoms. The van der Waals surface area contributed by atoms with Crippen LogP contribution in [-0.4, -0.2) is 22.0 Å². The Labute approximate surface area is 96.0 Å². The number of carbonyl (C=O) groups excluding carboxylic acids is 1. The predicted octanol–water partition coefficient (Wildman–Crippen LogP) is 2.83. The van der Waals surface area contributed by atoms with E-state index in [4.69, 9.17) is 5.11 Å². The Bertz CT molecular complexity index is 256. The van der Waals surface area contributed by atoms with Crippen molar-refractivity contribution >= 4 is 11.8 Å². The van der Waals surface area contributed by atoms with E-state index in [1.807, 2.05) is 0 Å². The number of carboxylic acids is 1. The highest BCUT2D eigenvalue weighted by molar-refractivity contribution is 5.87. The second-order valence-corrected chi connectivity index (χ2v) is 3.91. The van der Waals surface area contributed by atoms with Gasteiger partial charge in [-0.2, -0.15) is 0 Å². The van der Waals surface area contributed by atoms with Crippen molar-refractivity contribution in [2.24, 2.45) is 0 Å². The lowest BCUT2D eigenvalue weighted by Gasteiger charge is -2.00. The van der Waals surface area contributed by atoms with Gasteiger partial charge in [-0.25, -0.2) is 0 Å². The Morgan fingerprint density at radius 2 is 1.44 bits per heavy atom. The van der Waals surface area contributed by atoms with E-state index in [0.717, 1.165) is 25.7 Å². The Balaban J connectivity index is 3.33. The van der Waals surface area contributed by atoms with Crippen LogP contribution in [0.1, 0.15) is 51.9 Å². The first-order valence-electron chi connectivity index (χ1n) is 5.64. The fraction of sp³-hybridized carbons (Fsp3) is 0.667. The van der Waals surface area contributed by atoms with Crippen LogP contribution in [0.2, 0.25) is 0 Å². The molecule has 0 bridgehead atoms. The lowest BCUT2D eigenvalue weighted by atomic mass is 10.1. The van der Waals surface area contributed by atoms with E-state index in [1.165, 1.54) is 13.0 Å². The van der Waals surface area contributed by atoms with Crippen molar-refractivity contribution in [3.8, 4) is 0 Å². The van der Waals surface area contributed by atoms with Gasteiger partial charge in [-0.05, 0) is 19.8 Å². The maximum Gasteiger partial charge on any atom is 0.303 e. The first kappa shape index (κ1) is 14.7. The van der Waals surface area contributed by atoms with E-state index in [-0.39, 0.29) is 18.0 Å². The summed E-state index contributed by atoms with van der Waals surface area (Å²) in [6.07, 6.45) is 6.38. The van der Waals surface area contributed by atoms with E-state index in [0.29, 0.717) is 12.8 Å². The van der Waals surface area contributed by atoms with Gasteiger partial charge in [0.25, 0.3) is 0 Å². The van der Waals surface area contributed by atoms with Crippen LogP contribution in [0.4, 0.5) is 0 Å². The van der Waals surface area contributed by atoms with Crippen LogP contribution in [0.15, 0.2) is 11.8 Å². The topological polar surface area (TPSA) is 74.6 Å². The number of allylic oxidation sites excluding steroid dienone is 2. The van der Waals surface area contributed by atoms with Crippen molar-refractivity contribution in [2.75, 3.05) is 0 Å².